The van der Waals surface area contributed by atoms with Crippen molar-refractivity contribution in [3.63, 3.8) is 0 Å². The number of piperazine rings is 1. The van der Waals surface area contributed by atoms with Crippen LogP contribution < -0.4 is 10.2 Å². The number of benzene rings is 1. The number of nitrogens with zero attached hydrogens (tertiary/aromatic N) is 4. The van der Waals surface area contributed by atoms with Crippen molar-refractivity contribution in [1.82, 2.24) is 20.1 Å². The number of pyridine rings is 1. The number of halogens is 2. The Bertz CT molecular complexity index is 1210. The van der Waals surface area contributed by atoms with Gasteiger partial charge in [-0.3, -0.25) is 19.6 Å². The van der Waals surface area contributed by atoms with Gasteiger partial charge in [0.25, 0.3) is 0 Å². The summed E-state index contributed by atoms with van der Waals surface area (Å²) < 4.78 is 34.6. The molecule has 2 fully saturated rings. The maximum Gasteiger partial charge on any atom is 0.241 e. The fourth-order valence-electron chi connectivity index (χ4n) is 6.36. The predicted molar refractivity (Wildman–Crippen MR) is 149 cm³/mol. The number of anilines is 1. The number of ether oxygens (including phenoxy) is 1. The van der Waals surface area contributed by atoms with E-state index in [0.717, 1.165) is 37.5 Å². The first-order chi connectivity index (χ1) is 19.0. The van der Waals surface area contributed by atoms with Gasteiger partial charge in [0.2, 0.25) is 5.91 Å². The molecule has 218 valence electrons. The molecule has 8 nitrogen and oxygen atoms in total. The highest BCUT2D eigenvalue weighted by Gasteiger charge is 2.41. The van der Waals surface area contributed by atoms with Gasteiger partial charge in [0, 0.05) is 67.5 Å². The summed E-state index contributed by atoms with van der Waals surface area (Å²) >= 11 is 0. The molecular formula is C30H41F2N5O3. The SMILES string of the molecule is C[C@@H]1CN(CC(=O)N2CC(C)(C)c3ncc(C(O)c4c(F)cccc4F)cc32)[C@@H](CN2[C@H](C)COC[C@H]2C)CN1. The molecule has 2 saturated heterocycles. The molecule has 0 aliphatic carbocycles. The standard InChI is InChI=1S/C30H41F2N5O3/c1-18-12-35(22(11-33-18)13-36-19(2)15-40-16-20(36)3)14-26(38)37-17-30(4,5)29-25(37)9-21(10-34-29)28(39)27-23(31)7-6-8-24(27)32/h6-10,18-20,22,28,33,39H,11-17H2,1-5H3/t18-,19-,20-,22-,28?/m1/s1. The Morgan fingerprint density at radius 3 is 2.55 bits per heavy atom. The third-order valence-corrected chi connectivity index (χ3v) is 8.60. The number of carbonyl (C=O) groups is 1. The van der Waals surface area contributed by atoms with Crippen molar-refractivity contribution >= 4 is 11.6 Å². The summed E-state index contributed by atoms with van der Waals surface area (Å²) in [7, 11) is 0. The Kier molecular flexibility index (Phi) is 8.27. The number of fused-ring (bicyclic) bond motifs is 1. The molecule has 0 saturated carbocycles. The van der Waals surface area contributed by atoms with Crippen LogP contribution in [0.4, 0.5) is 14.5 Å². The first-order valence-corrected chi connectivity index (χ1v) is 14.2. The van der Waals surface area contributed by atoms with Crippen LogP contribution >= 0.6 is 0 Å². The summed E-state index contributed by atoms with van der Waals surface area (Å²) in [6, 6.07) is 6.17. The Balaban J connectivity index is 1.38. The molecule has 2 aromatic rings. The Morgan fingerprint density at radius 1 is 1.20 bits per heavy atom. The van der Waals surface area contributed by atoms with Crippen molar-refractivity contribution in [3.05, 3.63) is 58.9 Å². The molecule has 1 unspecified atom stereocenters. The van der Waals surface area contributed by atoms with Crippen molar-refractivity contribution in [2.24, 2.45) is 0 Å². The number of nitrogens with one attached hydrogen (secondary N) is 1. The molecule has 40 heavy (non-hydrogen) atoms. The lowest BCUT2D eigenvalue weighted by molar-refractivity contribution is -0.121. The molecule has 1 aromatic heterocycles. The molecule has 0 bridgehead atoms. The van der Waals surface area contributed by atoms with Crippen LogP contribution in [0.25, 0.3) is 0 Å². The molecule has 3 aliphatic heterocycles. The first kappa shape index (κ1) is 29.0. The molecule has 1 aromatic carbocycles. The van der Waals surface area contributed by atoms with Gasteiger partial charge in [-0.25, -0.2) is 8.78 Å². The molecule has 0 spiro atoms. The number of morpholine rings is 1. The zero-order chi connectivity index (χ0) is 28.8. The maximum atomic E-state index is 14.4. The van der Waals surface area contributed by atoms with Crippen LogP contribution in [0.3, 0.4) is 0 Å². The Morgan fingerprint density at radius 2 is 1.88 bits per heavy atom. The second-order valence-corrected chi connectivity index (χ2v) is 12.4. The quantitative estimate of drug-likeness (QED) is 0.566. The van der Waals surface area contributed by atoms with Gasteiger partial charge in [0.05, 0.1) is 36.7 Å². The molecule has 0 radical (unpaired) electrons. The minimum Gasteiger partial charge on any atom is -0.383 e. The molecule has 1 amide bonds. The van der Waals surface area contributed by atoms with E-state index in [2.05, 4.69) is 40.9 Å². The molecule has 4 heterocycles. The van der Waals surface area contributed by atoms with Crippen LogP contribution in [0.5, 0.6) is 0 Å². The third-order valence-electron chi connectivity index (χ3n) is 8.60. The molecule has 10 heteroatoms. The topological polar surface area (TPSA) is 81.2 Å². The number of aliphatic hydroxyl groups excluding tert-OH is 1. The van der Waals surface area contributed by atoms with Crippen LogP contribution in [0, 0.1) is 11.6 Å². The summed E-state index contributed by atoms with van der Waals surface area (Å²) in [6.07, 6.45) is -0.0976. The van der Waals surface area contributed by atoms with Crippen molar-refractivity contribution in [1.29, 1.82) is 0 Å². The van der Waals surface area contributed by atoms with Gasteiger partial charge in [0.1, 0.15) is 17.7 Å². The Labute approximate surface area is 235 Å². The average Bonchev–Trinajstić information content (AvgIpc) is 3.17. The fraction of sp³-hybridized carbons (Fsp3) is 0.600. The van der Waals surface area contributed by atoms with Gasteiger partial charge in [-0.05, 0) is 39.0 Å². The van der Waals surface area contributed by atoms with E-state index >= 15 is 0 Å². The third kappa shape index (κ3) is 5.65. The molecule has 3 aliphatic rings. The number of hydrogen-bond acceptors (Lipinski definition) is 7. The van der Waals surface area contributed by atoms with Crippen molar-refractivity contribution in [2.45, 2.75) is 70.3 Å². The minimum absolute atomic E-state index is 0.0560. The van der Waals surface area contributed by atoms with Crippen molar-refractivity contribution < 1.29 is 23.4 Å². The van der Waals surface area contributed by atoms with Gasteiger partial charge in [-0.2, -0.15) is 0 Å². The highest BCUT2D eigenvalue weighted by Crippen LogP contribution is 2.41. The van der Waals surface area contributed by atoms with E-state index in [1.54, 1.807) is 11.0 Å². The number of amides is 1. The Hall–Kier alpha value is -2.50. The number of hydrogen-bond donors (Lipinski definition) is 2. The first-order valence-electron chi connectivity index (χ1n) is 14.2. The highest BCUT2D eigenvalue weighted by molar-refractivity contribution is 5.97. The minimum atomic E-state index is -1.55. The smallest absolute Gasteiger partial charge is 0.241 e. The second-order valence-electron chi connectivity index (χ2n) is 12.4. The molecule has 2 N–H and O–H groups in total. The van der Waals surface area contributed by atoms with E-state index in [1.807, 2.05) is 13.8 Å². The van der Waals surface area contributed by atoms with Gasteiger partial charge in [0.15, 0.2) is 0 Å². The average molecular weight is 558 g/mol. The summed E-state index contributed by atoms with van der Waals surface area (Å²) in [6.45, 7) is 15.0. The van der Waals surface area contributed by atoms with Gasteiger partial charge in [-0.1, -0.05) is 19.9 Å². The van der Waals surface area contributed by atoms with Crippen LogP contribution in [-0.2, 0) is 14.9 Å². The number of aliphatic hydroxyl groups is 1. The normalized spacial score (nSPS) is 27.9. The summed E-state index contributed by atoms with van der Waals surface area (Å²) in [5.74, 6) is -1.72. The maximum absolute atomic E-state index is 14.4. The highest BCUT2D eigenvalue weighted by atomic mass is 19.1. The number of aromatic nitrogens is 1. The zero-order valence-corrected chi connectivity index (χ0v) is 24.0. The lowest BCUT2D eigenvalue weighted by atomic mass is 9.90. The summed E-state index contributed by atoms with van der Waals surface area (Å²) in [5.41, 5.74) is 0.711. The van der Waals surface area contributed by atoms with E-state index in [-0.39, 0.29) is 30.1 Å². The summed E-state index contributed by atoms with van der Waals surface area (Å²) in [4.78, 5) is 25.0. The van der Waals surface area contributed by atoms with Crippen molar-refractivity contribution in [3.8, 4) is 0 Å². The van der Waals surface area contributed by atoms with Crippen LogP contribution in [0.15, 0.2) is 30.5 Å². The number of rotatable bonds is 6. The summed E-state index contributed by atoms with van der Waals surface area (Å²) in [5, 5.41) is 14.5. The predicted octanol–water partition coefficient (Wildman–Crippen LogP) is 2.84. The second kappa shape index (κ2) is 11.4. The fourth-order valence-corrected chi connectivity index (χ4v) is 6.36. The van der Waals surface area contributed by atoms with E-state index in [9.17, 15) is 18.7 Å². The van der Waals surface area contributed by atoms with E-state index in [1.165, 1.54) is 12.3 Å². The lowest BCUT2D eigenvalue weighted by Crippen LogP contribution is -2.63. The van der Waals surface area contributed by atoms with E-state index in [0.29, 0.717) is 37.5 Å². The van der Waals surface area contributed by atoms with Gasteiger partial charge in [-0.15, -0.1) is 0 Å². The molecular weight excluding hydrogens is 516 g/mol. The van der Waals surface area contributed by atoms with Crippen molar-refractivity contribution in [2.75, 3.05) is 50.8 Å². The largest absolute Gasteiger partial charge is 0.383 e. The lowest BCUT2D eigenvalue weighted by Gasteiger charge is -2.46. The molecule has 5 atom stereocenters. The zero-order valence-electron chi connectivity index (χ0n) is 24.0. The van der Waals surface area contributed by atoms with Crippen LogP contribution in [0.2, 0.25) is 0 Å². The van der Waals surface area contributed by atoms with Crippen LogP contribution in [-0.4, -0.2) is 95.9 Å². The van der Waals surface area contributed by atoms with E-state index < -0.39 is 28.7 Å². The van der Waals surface area contributed by atoms with Gasteiger partial charge < -0.3 is 20.1 Å². The van der Waals surface area contributed by atoms with Gasteiger partial charge >= 0.3 is 0 Å². The molecule has 5 rings (SSSR count). The monoisotopic (exact) mass is 557 g/mol. The number of carbonyl (C=O) groups excluding carboxylic acids is 1. The van der Waals surface area contributed by atoms with E-state index in [4.69, 9.17) is 4.74 Å². The van der Waals surface area contributed by atoms with Crippen LogP contribution in [0.1, 0.15) is 57.5 Å².